The Kier molecular flexibility index (Phi) is 3.81. The van der Waals surface area contributed by atoms with Crippen molar-refractivity contribution >= 4 is 38.1 Å². The summed E-state index contributed by atoms with van der Waals surface area (Å²) in [6.07, 6.45) is 0. The van der Waals surface area contributed by atoms with Gasteiger partial charge in [-0.15, -0.1) is 10.2 Å². The van der Waals surface area contributed by atoms with Gasteiger partial charge >= 0.3 is 0 Å². The van der Waals surface area contributed by atoms with Crippen LogP contribution >= 0.6 is 22.9 Å². The number of aliphatic hydroxyl groups is 1. The Hall–Kier alpha value is -1.22. The van der Waals surface area contributed by atoms with E-state index in [4.69, 9.17) is 16.7 Å². The van der Waals surface area contributed by atoms with Crippen LogP contribution < -0.4 is 4.72 Å². The molecule has 1 heterocycles. The minimum atomic E-state index is -3.83. The van der Waals surface area contributed by atoms with Gasteiger partial charge in [0.05, 0.1) is 11.6 Å². The third kappa shape index (κ3) is 2.78. The highest BCUT2D eigenvalue weighted by Crippen LogP contribution is 2.25. The Balaban J connectivity index is 2.40. The average molecular weight is 306 g/mol. The lowest BCUT2D eigenvalue weighted by Crippen LogP contribution is -2.13. The van der Waals surface area contributed by atoms with E-state index >= 15 is 0 Å². The van der Waals surface area contributed by atoms with Gasteiger partial charge in [0, 0.05) is 0 Å². The van der Waals surface area contributed by atoms with Gasteiger partial charge in [0.2, 0.25) is 5.13 Å². The largest absolute Gasteiger partial charge is 0.392 e. The van der Waals surface area contributed by atoms with Crippen LogP contribution in [0.3, 0.4) is 0 Å². The highest BCUT2D eigenvalue weighted by atomic mass is 35.5. The Bertz CT molecular complexity index is 643. The van der Waals surface area contributed by atoms with Crippen LogP contribution in [-0.4, -0.2) is 23.7 Å². The number of nitrogens with one attached hydrogen (secondary N) is 1. The van der Waals surface area contributed by atoms with Crippen molar-refractivity contribution in [3.63, 3.8) is 0 Å². The molecular formula is C9H8ClN3O3S2. The van der Waals surface area contributed by atoms with E-state index in [2.05, 4.69) is 14.9 Å². The third-order valence-electron chi connectivity index (χ3n) is 2.05. The molecule has 1 aromatic heterocycles. The van der Waals surface area contributed by atoms with Crippen molar-refractivity contribution < 1.29 is 13.5 Å². The van der Waals surface area contributed by atoms with Crippen LogP contribution in [0, 0.1) is 0 Å². The minimum absolute atomic E-state index is 0.0733. The number of hydrogen-bond acceptors (Lipinski definition) is 6. The Morgan fingerprint density at radius 3 is 2.83 bits per heavy atom. The van der Waals surface area contributed by atoms with Crippen LogP contribution in [0.1, 0.15) is 5.56 Å². The summed E-state index contributed by atoms with van der Waals surface area (Å²) in [6.45, 7) is -0.265. The number of halogens is 1. The van der Waals surface area contributed by atoms with E-state index in [0.29, 0.717) is 5.56 Å². The fourth-order valence-corrected chi connectivity index (χ4v) is 3.48. The lowest BCUT2D eigenvalue weighted by atomic mass is 10.2. The lowest BCUT2D eigenvalue weighted by Gasteiger charge is -2.08. The third-order valence-corrected chi connectivity index (χ3v) is 4.61. The van der Waals surface area contributed by atoms with Crippen molar-refractivity contribution in [1.29, 1.82) is 0 Å². The maximum absolute atomic E-state index is 12.1. The number of rotatable bonds is 4. The van der Waals surface area contributed by atoms with Gasteiger partial charge in [-0.25, -0.2) is 8.42 Å². The van der Waals surface area contributed by atoms with Gasteiger partial charge in [0.25, 0.3) is 10.0 Å². The molecule has 6 nitrogen and oxygen atoms in total. The topological polar surface area (TPSA) is 92.2 Å². The predicted octanol–water partition coefficient (Wildman–Crippen LogP) is 1.48. The molecule has 1 aromatic carbocycles. The van der Waals surface area contributed by atoms with Crippen molar-refractivity contribution in [3.8, 4) is 0 Å². The van der Waals surface area contributed by atoms with Crippen LogP contribution in [0.25, 0.3) is 0 Å². The first-order valence-electron chi connectivity index (χ1n) is 4.71. The molecule has 2 N–H and O–H groups in total. The van der Waals surface area contributed by atoms with Gasteiger partial charge in [-0.1, -0.05) is 29.0 Å². The van der Waals surface area contributed by atoms with E-state index in [-0.39, 0.29) is 21.7 Å². The second-order valence-corrected chi connectivity index (χ2v) is 6.16. The first kappa shape index (κ1) is 13.2. The van der Waals surface area contributed by atoms with Gasteiger partial charge < -0.3 is 5.11 Å². The van der Waals surface area contributed by atoms with Crippen LogP contribution in [0.4, 0.5) is 5.13 Å². The number of anilines is 1. The lowest BCUT2D eigenvalue weighted by molar-refractivity contribution is 0.281. The molecule has 0 aliphatic heterocycles. The fourth-order valence-electron chi connectivity index (χ4n) is 1.24. The molecule has 0 fully saturated rings. The van der Waals surface area contributed by atoms with Gasteiger partial charge in [-0.05, 0) is 17.7 Å². The van der Waals surface area contributed by atoms with Crippen LogP contribution in [-0.2, 0) is 16.6 Å². The molecule has 0 saturated heterocycles. The van der Waals surface area contributed by atoms with E-state index in [0.717, 1.165) is 11.3 Å². The molecular weight excluding hydrogens is 298 g/mol. The second kappa shape index (κ2) is 5.19. The zero-order valence-electron chi connectivity index (χ0n) is 8.87. The Morgan fingerprint density at radius 1 is 1.44 bits per heavy atom. The van der Waals surface area contributed by atoms with Crippen molar-refractivity contribution in [2.75, 3.05) is 4.72 Å². The Morgan fingerprint density at radius 2 is 2.22 bits per heavy atom. The number of aromatic nitrogens is 2. The molecule has 0 spiro atoms. The second-order valence-electron chi connectivity index (χ2n) is 3.27. The smallest absolute Gasteiger partial charge is 0.265 e. The monoisotopic (exact) mass is 305 g/mol. The molecule has 0 aliphatic carbocycles. The molecule has 0 amide bonds. The minimum Gasteiger partial charge on any atom is -0.392 e. The predicted molar refractivity (Wildman–Crippen MR) is 68.1 cm³/mol. The van der Waals surface area contributed by atoms with E-state index in [1.54, 1.807) is 6.07 Å². The molecule has 0 bridgehead atoms. The number of hydrogen-bond donors (Lipinski definition) is 2. The standard InChI is InChI=1S/C9H8ClN3O3S2/c10-7-2-1-6(4-14)3-8(7)18(15,16)13-9-12-11-5-17-9/h1-3,5,14H,4H2,(H,12,13). The number of sulfonamides is 1. The molecule has 9 heteroatoms. The van der Waals surface area contributed by atoms with Crippen LogP contribution in [0.15, 0.2) is 28.6 Å². The summed E-state index contributed by atoms with van der Waals surface area (Å²) in [5.41, 5.74) is 1.86. The van der Waals surface area contributed by atoms with Crippen molar-refractivity contribution in [3.05, 3.63) is 34.3 Å². The highest BCUT2D eigenvalue weighted by Gasteiger charge is 2.19. The number of benzene rings is 1. The number of aliphatic hydroxyl groups excluding tert-OH is 1. The number of nitrogens with zero attached hydrogens (tertiary/aromatic N) is 2. The quantitative estimate of drug-likeness (QED) is 0.892. The van der Waals surface area contributed by atoms with Crippen molar-refractivity contribution in [2.45, 2.75) is 11.5 Å². The molecule has 0 aliphatic rings. The summed E-state index contributed by atoms with van der Waals surface area (Å²) in [4.78, 5) is -0.106. The zero-order chi connectivity index (χ0) is 13.2. The molecule has 0 unspecified atom stereocenters. The first-order valence-corrected chi connectivity index (χ1v) is 7.45. The van der Waals surface area contributed by atoms with Gasteiger partial charge in [0.15, 0.2) is 0 Å². The van der Waals surface area contributed by atoms with E-state index in [9.17, 15) is 8.42 Å². The SMILES string of the molecule is O=S(=O)(Nc1nncs1)c1cc(CO)ccc1Cl. The van der Waals surface area contributed by atoms with E-state index < -0.39 is 10.0 Å². The molecule has 2 aromatic rings. The van der Waals surface area contributed by atoms with Crippen molar-refractivity contribution in [2.24, 2.45) is 0 Å². The van der Waals surface area contributed by atoms with Crippen molar-refractivity contribution in [1.82, 2.24) is 10.2 Å². The molecule has 2 rings (SSSR count). The summed E-state index contributed by atoms with van der Waals surface area (Å²) >= 11 is 6.90. The zero-order valence-corrected chi connectivity index (χ0v) is 11.3. The first-order chi connectivity index (χ1) is 8.53. The Labute approximate surface area is 112 Å². The summed E-state index contributed by atoms with van der Waals surface area (Å²) in [6, 6.07) is 4.28. The highest BCUT2D eigenvalue weighted by molar-refractivity contribution is 7.93. The van der Waals surface area contributed by atoms with E-state index in [1.807, 2.05) is 0 Å². The molecule has 0 radical (unpaired) electrons. The van der Waals surface area contributed by atoms with Gasteiger partial charge in [-0.2, -0.15) is 0 Å². The average Bonchev–Trinajstić information content (AvgIpc) is 2.81. The normalized spacial score (nSPS) is 11.4. The fraction of sp³-hybridized carbons (Fsp3) is 0.111. The van der Waals surface area contributed by atoms with E-state index in [1.165, 1.54) is 17.6 Å². The van der Waals surface area contributed by atoms with Gasteiger partial charge in [-0.3, -0.25) is 4.72 Å². The van der Waals surface area contributed by atoms with Crippen LogP contribution in [0.2, 0.25) is 5.02 Å². The maximum Gasteiger partial charge on any atom is 0.265 e. The van der Waals surface area contributed by atoms with Crippen LogP contribution in [0.5, 0.6) is 0 Å². The van der Waals surface area contributed by atoms with Gasteiger partial charge in [0.1, 0.15) is 10.4 Å². The summed E-state index contributed by atoms with van der Waals surface area (Å²) in [7, 11) is -3.83. The molecule has 0 saturated carbocycles. The summed E-state index contributed by atoms with van der Waals surface area (Å²) < 4.78 is 26.4. The summed E-state index contributed by atoms with van der Waals surface area (Å²) in [5.74, 6) is 0. The molecule has 0 atom stereocenters. The maximum atomic E-state index is 12.1. The summed E-state index contributed by atoms with van der Waals surface area (Å²) in [5, 5.41) is 16.3. The molecule has 18 heavy (non-hydrogen) atoms. The molecule has 96 valence electrons.